The predicted molar refractivity (Wildman–Crippen MR) is 87.9 cm³/mol. The molecule has 5 heteroatoms. The van der Waals surface area contributed by atoms with Crippen molar-refractivity contribution >= 4 is 0 Å². The van der Waals surface area contributed by atoms with Gasteiger partial charge in [-0.2, -0.15) is 0 Å². The minimum absolute atomic E-state index is 0.140. The monoisotopic (exact) mass is 325 g/mol. The fourth-order valence-corrected chi connectivity index (χ4v) is 4.39. The highest BCUT2D eigenvalue weighted by Crippen LogP contribution is 2.52. The maximum absolute atomic E-state index is 10.7. The molecule has 0 fully saturated rings. The van der Waals surface area contributed by atoms with Crippen molar-refractivity contribution in [3.8, 4) is 23.0 Å². The van der Waals surface area contributed by atoms with Gasteiger partial charge in [-0.15, -0.1) is 0 Å². The van der Waals surface area contributed by atoms with Crippen LogP contribution in [-0.4, -0.2) is 31.0 Å². The fourth-order valence-electron chi connectivity index (χ4n) is 4.39. The van der Waals surface area contributed by atoms with E-state index < -0.39 is 0 Å². The maximum Gasteiger partial charge on any atom is 0.231 e. The first-order valence-electron chi connectivity index (χ1n) is 8.20. The van der Waals surface area contributed by atoms with Crippen LogP contribution in [0.2, 0.25) is 0 Å². The molecule has 0 saturated heterocycles. The van der Waals surface area contributed by atoms with Crippen molar-refractivity contribution in [1.82, 2.24) is 4.90 Å². The van der Waals surface area contributed by atoms with Crippen LogP contribution in [0, 0.1) is 0 Å². The first-order valence-corrected chi connectivity index (χ1v) is 8.20. The third kappa shape index (κ3) is 1.73. The Morgan fingerprint density at radius 2 is 1.83 bits per heavy atom. The van der Waals surface area contributed by atoms with Gasteiger partial charge in [0.2, 0.25) is 6.79 Å². The Morgan fingerprint density at radius 3 is 2.62 bits per heavy atom. The lowest BCUT2D eigenvalue weighted by Crippen LogP contribution is -2.40. The molecule has 0 amide bonds. The molecule has 3 aliphatic heterocycles. The molecule has 2 aromatic rings. The van der Waals surface area contributed by atoms with Crippen LogP contribution in [0.4, 0.5) is 0 Å². The van der Waals surface area contributed by atoms with E-state index in [1.54, 1.807) is 7.11 Å². The van der Waals surface area contributed by atoms with Crippen molar-refractivity contribution in [2.45, 2.75) is 24.9 Å². The highest BCUT2D eigenvalue weighted by atomic mass is 16.7. The highest BCUT2D eigenvalue weighted by Gasteiger charge is 2.41. The standard InChI is InChI=1S/C19H19NO4/c1-20-13-5-10-3-4-15(22-2)19(21)18(10)14(20)6-11-7-16-17(8-12(11)13)24-9-23-16/h3-4,7-8,13-14,21H,5-6,9H2,1-2H3/t13-,14-/m1/s1. The summed E-state index contributed by atoms with van der Waals surface area (Å²) >= 11 is 0. The molecular weight excluding hydrogens is 306 g/mol. The van der Waals surface area contributed by atoms with E-state index in [2.05, 4.69) is 30.1 Å². The summed E-state index contributed by atoms with van der Waals surface area (Å²) < 4.78 is 16.4. The average molecular weight is 325 g/mol. The van der Waals surface area contributed by atoms with Gasteiger partial charge in [0.25, 0.3) is 0 Å². The molecule has 3 aliphatic rings. The molecule has 0 aromatic heterocycles. The minimum atomic E-state index is 0.140. The number of fused-ring (bicyclic) bond motifs is 7. The molecule has 3 heterocycles. The number of phenols is 1. The summed E-state index contributed by atoms with van der Waals surface area (Å²) in [4.78, 5) is 2.35. The second kappa shape index (κ2) is 4.80. The predicted octanol–water partition coefficient (Wildman–Crippen LogP) is 2.96. The zero-order valence-electron chi connectivity index (χ0n) is 13.7. The molecule has 124 valence electrons. The molecule has 24 heavy (non-hydrogen) atoms. The van der Waals surface area contributed by atoms with E-state index in [0.29, 0.717) is 12.5 Å². The molecule has 0 radical (unpaired) electrons. The van der Waals surface area contributed by atoms with Gasteiger partial charge < -0.3 is 19.3 Å². The number of hydrogen-bond acceptors (Lipinski definition) is 5. The first kappa shape index (κ1) is 14.0. The lowest BCUT2D eigenvalue weighted by Gasteiger charge is -2.46. The molecule has 0 saturated carbocycles. The van der Waals surface area contributed by atoms with Gasteiger partial charge in [-0.25, -0.2) is 0 Å². The van der Waals surface area contributed by atoms with Gasteiger partial charge in [0.15, 0.2) is 23.0 Å². The Bertz CT molecular complexity index is 848. The number of benzene rings is 2. The Labute approximate surface area is 140 Å². The van der Waals surface area contributed by atoms with E-state index in [0.717, 1.165) is 29.9 Å². The van der Waals surface area contributed by atoms with Crippen LogP contribution in [0.5, 0.6) is 23.0 Å². The molecule has 2 bridgehead atoms. The number of methoxy groups -OCH3 is 1. The largest absolute Gasteiger partial charge is 0.504 e. The van der Waals surface area contributed by atoms with Crippen LogP contribution in [0.1, 0.15) is 34.3 Å². The molecule has 0 unspecified atom stereocenters. The van der Waals surface area contributed by atoms with Gasteiger partial charge in [0.1, 0.15) is 0 Å². The summed E-state index contributed by atoms with van der Waals surface area (Å²) in [6, 6.07) is 8.60. The third-order valence-corrected chi connectivity index (χ3v) is 5.63. The second-order valence-electron chi connectivity index (χ2n) is 6.70. The van der Waals surface area contributed by atoms with Crippen molar-refractivity contribution in [1.29, 1.82) is 0 Å². The van der Waals surface area contributed by atoms with E-state index in [1.165, 1.54) is 16.7 Å². The number of rotatable bonds is 1. The zero-order chi connectivity index (χ0) is 16.4. The smallest absolute Gasteiger partial charge is 0.231 e. The summed E-state index contributed by atoms with van der Waals surface area (Å²) in [5.74, 6) is 2.47. The maximum atomic E-state index is 10.7. The molecule has 0 spiro atoms. The van der Waals surface area contributed by atoms with Crippen LogP contribution in [-0.2, 0) is 12.8 Å². The zero-order valence-corrected chi connectivity index (χ0v) is 13.7. The minimum Gasteiger partial charge on any atom is -0.504 e. The fraction of sp³-hybridized carbons (Fsp3) is 0.368. The Kier molecular flexibility index (Phi) is 2.80. The lowest BCUT2D eigenvalue weighted by molar-refractivity contribution is 0.134. The normalized spacial score (nSPS) is 23.6. The van der Waals surface area contributed by atoms with Gasteiger partial charge >= 0.3 is 0 Å². The van der Waals surface area contributed by atoms with E-state index >= 15 is 0 Å². The molecule has 2 aromatic carbocycles. The van der Waals surface area contributed by atoms with Crippen LogP contribution in [0.3, 0.4) is 0 Å². The lowest BCUT2D eigenvalue weighted by atomic mass is 9.76. The van der Waals surface area contributed by atoms with Crippen molar-refractivity contribution < 1.29 is 19.3 Å². The number of hydrogen-bond donors (Lipinski definition) is 1. The van der Waals surface area contributed by atoms with Crippen molar-refractivity contribution in [2.75, 3.05) is 21.0 Å². The third-order valence-electron chi connectivity index (χ3n) is 5.63. The van der Waals surface area contributed by atoms with Crippen molar-refractivity contribution in [3.05, 3.63) is 46.5 Å². The van der Waals surface area contributed by atoms with Crippen molar-refractivity contribution in [2.24, 2.45) is 0 Å². The SMILES string of the molecule is COc1ccc2c(c1O)[C@H]1Cc3cc4c(cc3[C@@H](C2)N1C)OCO4. The van der Waals surface area contributed by atoms with E-state index in [1.807, 2.05) is 6.07 Å². The van der Waals surface area contributed by atoms with Crippen molar-refractivity contribution in [3.63, 3.8) is 0 Å². The van der Waals surface area contributed by atoms with Gasteiger partial charge in [-0.1, -0.05) is 6.07 Å². The topological polar surface area (TPSA) is 51.2 Å². The number of aromatic hydroxyl groups is 1. The number of ether oxygens (including phenoxy) is 3. The van der Waals surface area contributed by atoms with Gasteiger partial charge in [0.05, 0.1) is 7.11 Å². The number of likely N-dealkylation sites (N-methyl/N-ethyl adjacent to an activating group) is 1. The average Bonchev–Trinajstić information content (AvgIpc) is 3.02. The van der Waals surface area contributed by atoms with Gasteiger partial charge in [0, 0.05) is 17.6 Å². The Balaban J connectivity index is 1.67. The van der Waals surface area contributed by atoms with E-state index in [-0.39, 0.29) is 17.8 Å². The highest BCUT2D eigenvalue weighted by molar-refractivity contribution is 5.57. The summed E-state index contributed by atoms with van der Waals surface area (Å²) in [5.41, 5.74) is 4.78. The number of nitrogens with zero attached hydrogens (tertiary/aromatic N) is 1. The van der Waals surface area contributed by atoms with Crippen LogP contribution in [0.25, 0.3) is 0 Å². The number of phenolic OH excluding ortho intramolecular Hbond substituents is 1. The summed E-state index contributed by atoms with van der Waals surface area (Å²) in [5, 5.41) is 10.7. The van der Waals surface area contributed by atoms with E-state index in [9.17, 15) is 5.11 Å². The molecule has 5 nitrogen and oxygen atoms in total. The molecule has 0 aliphatic carbocycles. The molecule has 1 N–H and O–H groups in total. The molecule has 5 rings (SSSR count). The summed E-state index contributed by atoms with van der Waals surface area (Å²) in [7, 11) is 3.72. The molecular formula is C19H19NO4. The Hall–Kier alpha value is -2.40. The van der Waals surface area contributed by atoms with E-state index in [4.69, 9.17) is 14.2 Å². The van der Waals surface area contributed by atoms with Gasteiger partial charge in [-0.3, -0.25) is 4.90 Å². The Morgan fingerprint density at radius 1 is 1.08 bits per heavy atom. The quantitative estimate of drug-likeness (QED) is 0.873. The first-order chi connectivity index (χ1) is 11.7. The van der Waals surface area contributed by atoms with Crippen LogP contribution in [0.15, 0.2) is 24.3 Å². The molecule has 2 atom stereocenters. The summed E-state index contributed by atoms with van der Waals surface area (Å²) in [6.07, 6.45) is 1.71. The summed E-state index contributed by atoms with van der Waals surface area (Å²) in [6.45, 7) is 0.292. The second-order valence-corrected chi connectivity index (χ2v) is 6.70. The van der Waals surface area contributed by atoms with Gasteiger partial charge in [-0.05, 0) is 54.8 Å². The van der Waals surface area contributed by atoms with Crippen LogP contribution < -0.4 is 14.2 Å². The van der Waals surface area contributed by atoms with Crippen LogP contribution >= 0.6 is 0 Å².